The summed E-state index contributed by atoms with van der Waals surface area (Å²) in [5, 5.41) is 2.45. The molecule has 1 saturated carbocycles. The lowest BCUT2D eigenvalue weighted by molar-refractivity contribution is -0.154. The summed E-state index contributed by atoms with van der Waals surface area (Å²) in [6, 6.07) is 6.83. The molecule has 6 nitrogen and oxygen atoms in total. The number of carbonyl (C=O) groups is 1. The van der Waals surface area contributed by atoms with Crippen LogP contribution in [0.1, 0.15) is 45.1 Å². The lowest BCUT2D eigenvalue weighted by atomic mass is 9.98. The molecule has 1 aliphatic rings. The average Bonchev–Trinajstić information content (AvgIpc) is 3.19. The summed E-state index contributed by atoms with van der Waals surface area (Å²) in [7, 11) is 1.62. The lowest BCUT2D eigenvalue weighted by Crippen LogP contribution is -2.32. The number of carbonyl (C=O) groups excluding carboxylic acids is 1. The lowest BCUT2D eigenvalue weighted by Gasteiger charge is -2.24. The van der Waals surface area contributed by atoms with E-state index < -0.39 is 6.04 Å². The highest BCUT2D eigenvalue weighted by atomic mass is 32.1. The molecule has 1 aromatic carbocycles. The van der Waals surface area contributed by atoms with E-state index in [1.54, 1.807) is 14.0 Å². The third-order valence-corrected chi connectivity index (χ3v) is 6.40. The molecule has 0 radical (unpaired) electrons. The van der Waals surface area contributed by atoms with Crippen LogP contribution >= 0.6 is 11.3 Å². The van der Waals surface area contributed by atoms with Gasteiger partial charge in [0.05, 0.1) is 18.8 Å². The van der Waals surface area contributed by atoms with Crippen LogP contribution in [-0.2, 0) is 9.53 Å². The Kier molecular flexibility index (Phi) is 5.67. The first-order chi connectivity index (χ1) is 14.1. The number of nitrogens with zero attached hydrogens (tertiary/aromatic N) is 2. The number of benzene rings is 1. The largest absolute Gasteiger partial charge is 0.497 e. The van der Waals surface area contributed by atoms with Gasteiger partial charge in [0.15, 0.2) is 0 Å². The Balaban J connectivity index is 1.66. The molecule has 2 aromatic heterocycles. The summed E-state index contributed by atoms with van der Waals surface area (Å²) >= 11 is 1.42. The highest BCUT2D eigenvalue weighted by molar-refractivity contribution is 7.17. The van der Waals surface area contributed by atoms with Gasteiger partial charge in [0.1, 0.15) is 22.7 Å². The number of aromatic nitrogens is 2. The van der Waals surface area contributed by atoms with Crippen molar-refractivity contribution in [3.63, 3.8) is 0 Å². The first kappa shape index (κ1) is 19.6. The molecule has 4 rings (SSSR count). The molecular formula is C22H24N2O4S. The van der Waals surface area contributed by atoms with Crippen LogP contribution in [-0.4, -0.2) is 28.7 Å². The summed E-state index contributed by atoms with van der Waals surface area (Å²) in [5.74, 6) is 0.379. The van der Waals surface area contributed by atoms with Gasteiger partial charge in [-0.2, -0.15) is 0 Å². The highest BCUT2D eigenvalue weighted by Gasteiger charge is 2.25. The van der Waals surface area contributed by atoms with Gasteiger partial charge in [-0.15, -0.1) is 11.3 Å². The van der Waals surface area contributed by atoms with E-state index in [2.05, 4.69) is 4.98 Å². The molecule has 0 bridgehead atoms. The van der Waals surface area contributed by atoms with E-state index in [-0.39, 0.29) is 17.6 Å². The molecule has 1 atom stereocenters. The zero-order chi connectivity index (χ0) is 20.4. The van der Waals surface area contributed by atoms with E-state index in [0.29, 0.717) is 10.2 Å². The third kappa shape index (κ3) is 3.92. The number of esters is 1. The molecular weight excluding hydrogens is 388 g/mol. The van der Waals surface area contributed by atoms with Gasteiger partial charge in [0, 0.05) is 10.9 Å². The van der Waals surface area contributed by atoms with E-state index in [0.717, 1.165) is 42.6 Å². The molecule has 0 amide bonds. The first-order valence-electron chi connectivity index (χ1n) is 9.91. The van der Waals surface area contributed by atoms with Crippen LogP contribution in [0.25, 0.3) is 21.3 Å². The second-order valence-electron chi connectivity index (χ2n) is 7.39. The minimum absolute atomic E-state index is 0.0397. The Morgan fingerprint density at radius 3 is 2.62 bits per heavy atom. The van der Waals surface area contributed by atoms with Gasteiger partial charge >= 0.3 is 5.97 Å². The van der Waals surface area contributed by atoms with E-state index in [1.807, 2.05) is 29.6 Å². The van der Waals surface area contributed by atoms with Gasteiger partial charge in [-0.1, -0.05) is 18.6 Å². The average molecular weight is 413 g/mol. The SMILES string of the molecule is COc1ccc(-c2csc3ncn([C@H](C)C(=O)OC4CCCCC4)c(=O)c23)cc1. The van der Waals surface area contributed by atoms with Gasteiger partial charge < -0.3 is 9.47 Å². The van der Waals surface area contributed by atoms with Crippen LogP contribution in [0.2, 0.25) is 0 Å². The molecule has 1 aliphatic carbocycles. The Labute approximate surface area is 173 Å². The van der Waals surface area contributed by atoms with Crippen LogP contribution in [0.3, 0.4) is 0 Å². The number of hydrogen-bond donors (Lipinski definition) is 0. The summed E-state index contributed by atoms with van der Waals surface area (Å²) in [6.07, 6.45) is 6.57. The predicted molar refractivity (Wildman–Crippen MR) is 114 cm³/mol. The molecule has 3 aromatic rings. The van der Waals surface area contributed by atoms with E-state index in [1.165, 1.54) is 28.7 Å². The smallest absolute Gasteiger partial charge is 0.329 e. The maximum Gasteiger partial charge on any atom is 0.329 e. The van der Waals surface area contributed by atoms with Crippen molar-refractivity contribution in [1.29, 1.82) is 0 Å². The van der Waals surface area contributed by atoms with Crippen LogP contribution in [0.4, 0.5) is 0 Å². The Hall–Kier alpha value is -2.67. The van der Waals surface area contributed by atoms with Gasteiger partial charge in [-0.3, -0.25) is 9.36 Å². The van der Waals surface area contributed by atoms with Crippen molar-refractivity contribution in [3.05, 3.63) is 46.3 Å². The van der Waals surface area contributed by atoms with Gasteiger partial charge in [0.2, 0.25) is 0 Å². The fraction of sp³-hybridized carbons (Fsp3) is 0.409. The van der Waals surface area contributed by atoms with Gasteiger partial charge in [-0.05, 0) is 50.3 Å². The Morgan fingerprint density at radius 2 is 1.93 bits per heavy atom. The molecule has 0 aliphatic heterocycles. The molecule has 29 heavy (non-hydrogen) atoms. The van der Waals surface area contributed by atoms with E-state index >= 15 is 0 Å². The topological polar surface area (TPSA) is 70.4 Å². The maximum absolute atomic E-state index is 13.2. The number of fused-ring (bicyclic) bond motifs is 1. The van der Waals surface area contributed by atoms with E-state index in [4.69, 9.17) is 9.47 Å². The zero-order valence-corrected chi connectivity index (χ0v) is 17.4. The number of ether oxygens (including phenoxy) is 2. The van der Waals surface area contributed by atoms with Gasteiger partial charge in [-0.25, -0.2) is 9.78 Å². The number of thiophene rings is 1. The van der Waals surface area contributed by atoms with Crippen LogP contribution in [0.5, 0.6) is 5.75 Å². The summed E-state index contributed by atoms with van der Waals surface area (Å²) in [4.78, 5) is 31.0. The molecule has 1 fully saturated rings. The van der Waals surface area contributed by atoms with E-state index in [9.17, 15) is 9.59 Å². The number of rotatable bonds is 5. The van der Waals surface area contributed by atoms with Crippen LogP contribution in [0.15, 0.2) is 40.8 Å². The molecule has 0 spiro atoms. The summed E-state index contributed by atoms with van der Waals surface area (Å²) < 4.78 is 12.3. The summed E-state index contributed by atoms with van der Waals surface area (Å²) in [5.41, 5.74) is 1.49. The standard InChI is InChI=1S/C22H24N2O4S/c1-14(22(26)28-17-6-4-3-5-7-17)24-13-23-20-19(21(24)25)18(12-29-20)15-8-10-16(27-2)11-9-15/h8-14,17H,3-7H2,1-2H3/t14-/m1/s1. The van der Waals surface area contributed by atoms with Crippen molar-refractivity contribution in [2.75, 3.05) is 7.11 Å². The molecule has 0 unspecified atom stereocenters. The van der Waals surface area contributed by atoms with Crippen molar-refractivity contribution in [2.45, 2.75) is 51.2 Å². The second-order valence-corrected chi connectivity index (χ2v) is 8.25. The van der Waals surface area contributed by atoms with Crippen molar-refractivity contribution in [1.82, 2.24) is 9.55 Å². The minimum Gasteiger partial charge on any atom is -0.497 e. The van der Waals surface area contributed by atoms with Crippen molar-refractivity contribution < 1.29 is 14.3 Å². The molecule has 7 heteroatoms. The third-order valence-electron chi connectivity index (χ3n) is 5.51. The molecule has 0 N–H and O–H groups in total. The maximum atomic E-state index is 13.2. The summed E-state index contributed by atoms with van der Waals surface area (Å²) in [6.45, 7) is 1.69. The Morgan fingerprint density at radius 1 is 1.21 bits per heavy atom. The van der Waals surface area contributed by atoms with Gasteiger partial charge in [0.25, 0.3) is 5.56 Å². The fourth-order valence-corrected chi connectivity index (χ4v) is 4.67. The van der Waals surface area contributed by atoms with Crippen molar-refractivity contribution in [3.8, 4) is 16.9 Å². The quantitative estimate of drug-likeness (QED) is 0.574. The zero-order valence-electron chi connectivity index (χ0n) is 16.6. The van der Waals surface area contributed by atoms with Crippen LogP contribution in [0, 0.1) is 0 Å². The molecule has 152 valence electrons. The fourth-order valence-electron chi connectivity index (χ4n) is 3.76. The first-order valence-corrected chi connectivity index (χ1v) is 10.8. The predicted octanol–water partition coefficient (Wildman–Crippen LogP) is 4.57. The Bertz CT molecular complexity index is 1060. The second kappa shape index (κ2) is 8.37. The normalized spacial score (nSPS) is 15.9. The van der Waals surface area contributed by atoms with Crippen molar-refractivity contribution in [2.24, 2.45) is 0 Å². The highest BCUT2D eigenvalue weighted by Crippen LogP contribution is 2.32. The minimum atomic E-state index is -0.718. The van der Waals surface area contributed by atoms with Crippen molar-refractivity contribution >= 4 is 27.5 Å². The number of hydrogen-bond acceptors (Lipinski definition) is 6. The molecule has 2 heterocycles. The molecule has 0 saturated heterocycles. The monoisotopic (exact) mass is 412 g/mol. The number of methoxy groups -OCH3 is 1. The van der Waals surface area contributed by atoms with Crippen LogP contribution < -0.4 is 10.3 Å².